The Bertz CT molecular complexity index is 212. The predicted octanol–water partition coefficient (Wildman–Crippen LogP) is -0.113. The maximum atomic E-state index is 11.7. The molecule has 5 heteroatoms. The quantitative estimate of drug-likeness (QED) is 0.559. The van der Waals surface area contributed by atoms with Gasteiger partial charge in [0.1, 0.15) is 6.04 Å². The number of aliphatic hydroxyl groups excluding tert-OH is 1. The number of ether oxygens (including phenoxy) is 1. The molecule has 0 fully saturated rings. The molecule has 96 valence electrons. The molecule has 0 bridgehead atoms. The van der Waals surface area contributed by atoms with Crippen LogP contribution < -0.4 is 10.6 Å². The first-order valence-corrected chi connectivity index (χ1v) is 5.50. The second-order valence-corrected chi connectivity index (χ2v) is 4.90. The largest absolute Gasteiger partial charge is 0.391 e. The van der Waals surface area contributed by atoms with Gasteiger partial charge in [-0.3, -0.25) is 10.1 Å². The highest BCUT2D eigenvalue weighted by Crippen LogP contribution is 2.04. The van der Waals surface area contributed by atoms with Crippen LogP contribution in [0.25, 0.3) is 0 Å². The molecule has 1 amide bonds. The second-order valence-electron chi connectivity index (χ2n) is 4.90. The SMILES string of the molecule is COCCNC(=O)[C@@H](NC(C)(C)C)[C@@H](C)O. The van der Waals surface area contributed by atoms with Gasteiger partial charge in [0.25, 0.3) is 0 Å². The van der Waals surface area contributed by atoms with Crippen LogP contribution in [0.15, 0.2) is 0 Å². The minimum absolute atomic E-state index is 0.207. The summed E-state index contributed by atoms with van der Waals surface area (Å²) in [6.45, 7) is 8.36. The van der Waals surface area contributed by atoms with E-state index in [2.05, 4.69) is 10.6 Å². The van der Waals surface area contributed by atoms with E-state index in [1.165, 1.54) is 0 Å². The average Bonchev–Trinajstić information content (AvgIpc) is 2.12. The van der Waals surface area contributed by atoms with Gasteiger partial charge in [0, 0.05) is 19.2 Å². The maximum Gasteiger partial charge on any atom is 0.239 e. The monoisotopic (exact) mass is 232 g/mol. The highest BCUT2D eigenvalue weighted by atomic mass is 16.5. The number of carbonyl (C=O) groups is 1. The van der Waals surface area contributed by atoms with E-state index < -0.39 is 12.1 Å². The van der Waals surface area contributed by atoms with Crippen molar-refractivity contribution in [2.24, 2.45) is 0 Å². The Balaban J connectivity index is 4.25. The summed E-state index contributed by atoms with van der Waals surface area (Å²) < 4.78 is 4.84. The molecule has 0 aromatic rings. The Labute approximate surface area is 97.6 Å². The zero-order chi connectivity index (χ0) is 12.8. The summed E-state index contributed by atoms with van der Waals surface area (Å²) in [6, 6.07) is -0.600. The second kappa shape index (κ2) is 6.83. The van der Waals surface area contributed by atoms with Gasteiger partial charge in [-0.15, -0.1) is 0 Å². The van der Waals surface area contributed by atoms with Gasteiger partial charge in [0.15, 0.2) is 0 Å². The Kier molecular flexibility index (Phi) is 6.55. The third-order valence-corrected chi connectivity index (χ3v) is 1.96. The van der Waals surface area contributed by atoms with Gasteiger partial charge >= 0.3 is 0 Å². The summed E-state index contributed by atoms with van der Waals surface area (Å²) in [5, 5.41) is 15.3. The van der Waals surface area contributed by atoms with Gasteiger partial charge in [-0.25, -0.2) is 0 Å². The molecular formula is C11H24N2O3. The molecule has 0 aliphatic rings. The smallest absolute Gasteiger partial charge is 0.239 e. The van der Waals surface area contributed by atoms with Crippen molar-refractivity contribution in [1.82, 2.24) is 10.6 Å². The average molecular weight is 232 g/mol. The molecule has 2 atom stereocenters. The van der Waals surface area contributed by atoms with Gasteiger partial charge in [0.05, 0.1) is 12.7 Å². The summed E-state index contributed by atoms with van der Waals surface area (Å²) in [5.41, 5.74) is -0.222. The van der Waals surface area contributed by atoms with Crippen molar-refractivity contribution < 1.29 is 14.6 Å². The molecule has 0 heterocycles. The number of hydrogen-bond donors (Lipinski definition) is 3. The summed E-state index contributed by atoms with van der Waals surface area (Å²) in [5.74, 6) is -0.207. The van der Waals surface area contributed by atoms with Crippen molar-refractivity contribution in [3.8, 4) is 0 Å². The molecule has 0 saturated heterocycles. The molecule has 0 aromatic heterocycles. The lowest BCUT2D eigenvalue weighted by Crippen LogP contribution is -2.56. The Morgan fingerprint density at radius 1 is 1.44 bits per heavy atom. The molecular weight excluding hydrogens is 208 g/mol. The van der Waals surface area contributed by atoms with Crippen molar-refractivity contribution in [2.75, 3.05) is 20.3 Å². The van der Waals surface area contributed by atoms with Gasteiger partial charge < -0.3 is 15.2 Å². The van der Waals surface area contributed by atoms with Crippen LogP contribution in [-0.2, 0) is 9.53 Å². The molecule has 3 N–H and O–H groups in total. The van der Waals surface area contributed by atoms with E-state index in [9.17, 15) is 9.90 Å². The lowest BCUT2D eigenvalue weighted by Gasteiger charge is -2.29. The van der Waals surface area contributed by atoms with Crippen molar-refractivity contribution in [3.63, 3.8) is 0 Å². The first-order valence-electron chi connectivity index (χ1n) is 5.50. The fraction of sp³-hybridized carbons (Fsp3) is 0.909. The fourth-order valence-corrected chi connectivity index (χ4v) is 1.26. The highest BCUT2D eigenvalue weighted by Gasteiger charge is 2.27. The van der Waals surface area contributed by atoms with Gasteiger partial charge in [0.2, 0.25) is 5.91 Å². The van der Waals surface area contributed by atoms with Crippen LogP contribution in [0.3, 0.4) is 0 Å². The Hall–Kier alpha value is -0.650. The summed E-state index contributed by atoms with van der Waals surface area (Å²) in [6.07, 6.45) is -0.734. The minimum atomic E-state index is -0.734. The predicted molar refractivity (Wildman–Crippen MR) is 63.2 cm³/mol. The first kappa shape index (κ1) is 15.3. The number of nitrogens with one attached hydrogen (secondary N) is 2. The number of rotatable bonds is 6. The maximum absolute atomic E-state index is 11.7. The van der Waals surface area contributed by atoms with E-state index in [4.69, 9.17) is 4.74 Å². The zero-order valence-corrected chi connectivity index (χ0v) is 10.8. The lowest BCUT2D eigenvalue weighted by atomic mass is 10.0. The molecule has 16 heavy (non-hydrogen) atoms. The van der Waals surface area contributed by atoms with Crippen LogP contribution in [0, 0.1) is 0 Å². The van der Waals surface area contributed by atoms with Crippen molar-refractivity contribution in [3.05, 3.63) is 0 Å². The molecule has 0 aliphatic heterocycles. The molecule has 0 rings (SSSR count). The van der Waals surface area contributed by atoms with Crippen molar-refractivity contribution in [2.45, 2.75) is 45.4 Å². The van der Waals surface area contributed by atoms with Crippen LogP contribution in [-0.4, -0.2) is 49.0 Å². The fourth-order valence-electron chi connectivity index (χ4n) is 1.26. The van der Waals surface area contributed by atoms with E-state index in [-0.39, 0.29) is 11.4 Å². The topological polar surface area (TPSA) is 70.6 Å². The van der Waals surface area contributed by atoms with Gasteiger partial charge in [-0.1, -0.05) is 0 Å². The molecule has 0 aromatic carbocycles. The Morgan fingerprint density at radius 2 is 2.00 bits per heavy atom. The lowest BCUT2D eigenvalue weighted by molar-refractivity contribution is -0.126. The van der Waals surface area contributed by atoms with E-state index in [1.807, 2.05) is 20.8 Å². The standard InChI is InChI=1S/C11H24N2O3/c1-8(14)9(13-11(2,3)4)10(15)12-6-7-16-5/h8-9,13-14H,6-7H2,1-5H3,(H,12,15)/t8-,9+/m1/s1. The molecule has 0 unspecified atom stereocenters. The number of carbonyl (C=O) groups excluding carboxylic acids is 1. The van der Waals surface area contributed by atoms with Gasteiger partial charge in [-0.2, -0.15) is 0 Å². The van der Waals surface area contributed by atoms with Crippen LogP contribution in [0.2, 0.25) is 0 Å². The normalized spacial score (nSPS) is 15.6. The highest BCUT2D eigenvalue weighted by molar-refractivity contribution is 5.82. The van der Waals surface area contributed by atoms with E-state index in [1.54, 1.807) is 14.0 Å². The molecule has 0 spiro atoms. The summed E-state index contributed by atoms with van der Waals surface area (Å²) in [7, 11) is 1.58. The summed E-state index contributed by atoms with van der Waals surface area (Å²) >= 11 is 0. The van der Waals surface area contributed by atoms with E-state index in [0.717, 1.165) is 0 Å². The number of aliphatic hydroxyl groups is 1. The molecule has 0 aliphatic carbocycles. The van der Waals surface area contributed by atoms with Crippen LogP contribution >= 0.6 is 0 Å². The number of methoxy groups -OCH3 is 1. The third-order valence-electron chi connectivity index (χ3n) is 1.96. The first-order chi connectivity index (χ1) is 7.28. The van der Waals surface area contributed by atoms with Crippen molar-refractivity contribution in [1.29, 1.82) is 0 Å². The van der Waals surface area contributed by atoms with Gasteiger partial charge in [-0.05, 0) is 27.7 Å². The van der Waals surface area contributed by atoms with Crippen LogP contribution in [0.5, 0.6) is 0 Å². The van der Waals surface area contributed by atoms with Crippen LogP contribution in [0.1, 0.15) is 27.7 Å². The minimum Gasteiger partial charge on any atom is -0.391 e. The third kappa shape index (κ3) is 6.76. The van der Waals surface area contributed by atoms with Crippen molar-refractivity contribution >= 4 is 5.91 Å². The number of hydrogen-bond acceptors (Lipinski definition) is 4. The zero-order valence-electron chi connectivity index (χ0n) is 10.8. The molecule has 0 radical (unpaired) electrons. The van der Waals surface area contributed by atoms with E-state index >= 15 is 0 Å². The Morgan fingerprint density at radius 3 is 2.38 bits per heavy atom. The van der Waals surface area contributed by atoms with Crippen LogP contribution in [0.4, 0.5) is 0 Å². The van der Waals surface area contributed by atoms with E-state index in [0.29, 0.717) is 13.2 Å². The summed E-state index contributed by atoms with van der Waals surface area (Å²) in [4.78, 5) is 11.7. The number of amides is 1. The molecule has 5 nitrogen and oxygen atoms in total. The molecule has 0 saturated carbocycles.